The van der Waals surface area contributed by atoms with E-state index in [1.165, 1.54) is 18.5 Å². The lowest BCUT2D eigenvalue weighted by atomic mass is 9.78. The minimum atomic E-state index is -0.361. The van der Waals surface area contributed by atoms with E-state index in [9.17, 15) is 9.59 Å². The minimum Gasteiger partial charge on any atom is -0.371 e. The largest absolute Gasteiger partial charge is 0.371 e. The molecule has 8 nitrogen and oxygen atoms in total. The van der Waals surface area contributed by atoms with Gasteiger partial charge in [0.1, 0.15) is 0 Å². The molecule has 1 aromatic heterocycles. The van der Waals surface area contributed by atoms with Crippen LogP contribution in [0.5, 0.6) is 0 Å². The molecule has 178 valence electrons. The summed E-state index contributed by atoms with van der Waals surface area (Å²) in [6.07, 6.45) is 3.28. The van der Waals surface area contributed by atoms with Crippen LogP contribution in [-0.4, -0.2) is 71.3 Å². The van der Waals surface area contributed by atoms with Crippen LogP contribution in [0.15, 0.2) is 18.2 Å². The van der Waals surface area contributed by atoms with Crippen molar-refractivity contribution in [1.82, 2.24) is 25.3 Å². The van der Waals surface area contributed by atoms with E-state index in [-0.39, 0.29) is 23.3 Å². The smallest absolute Gasteiger partial charge is 0.235 e. The number of hydrogen-bond donors (Lipinski definition) is 2. The molecule has 4 heterocycles. The Hall–Kier alpha value is -2.45. The van der Waals surface area contributed by atoms with Crippen LogP contribution in [0.1, 0.15) is 51.1 Å². The predicted molar refractivity (Wildman–Crippen MR) is 129 cm³/mol. The summed E-state index contributed by atoms with van der Waals surface area (Å²) >= 11 is 0. The number of nitrogens with zero attached hydrogens (tertiary/aromatic N) is 4. The van der Waals surface area contributed by atoms with Gasteiger partial charge < -0.3 is 10.2 Å². The number of aryl methyl sites for hydroxylation is 1. The number of aromatic nitrogens is 2. The molecular weight excluding hydrogens is 416 g/mol. The van der Waals surface area contributed by atoms with Crippen LogP contribution in [0, 0.1) is 5.92 Å². The van der Waals surface area contributed by atoms with Crippen molar-refractivity contribution in [2.45, 2.75) is 51.0 Å². The number of imide groups is 1. The van der Waals surface area contributed by atoms with Crippen LogP contribution in [0.4, 0.5) is 5.69 Å². The highest BCUT2D eigenvalue weighted by Gasteiger charge is 2.38. The molecule has 5 rings (SSSR count). The zero-order valence-electron chi connectivity index (χ0n) is 20.1. The van der Waals surface area contributed by atoms with Crippen LogP contribution in [-0.2, 0) is 16.6 Å². The van der Waals surface area contributed by atoms with Gasteiger partial charge in [0.2, 0.25) is 11.8 Å². The van der Waals surface area contributed by atoms with Gasteiger partial charge in [-0.2, -0.15) is 5.10 Å². The highest BCUT2D eigenvalue weighted by atomic mass is 16.2. The molecule has 0 bridgehead atoms. The first-order valence-electron chi connectivity index (χ1n) is 12.4. The number of hydrogen-bond acceptors (Lipinski definition) is 6. The number of fused-ring (bicyclic) bond motifs is 1. The molecule has 1 aromatic carbocycles. The van der Waals surface area contributed by atoms with Crippen LogP contribution in [0.25, 0.3) is 10.9 Å². The number of amides is 2. The summed E-state index contributed by atoms with van der Waals surface area (Å²) in [6, 6.07) is 6.48. The maximum absolute atomic E-state index is 12.4. The van der Waals surface area contributed by atoms with Gasteiger partial charge >= 0.3 is 0 Å². The number of nitrogens with one attached hydrogen (secondary N) is 2. The van der Waals surface area contributed by atoms with E-state index in [1.807, 2.05) is 11.7 Å². The quantitative estimate of drug-likeness (QED) is 0.691. The molecule has 0 spiro atoms. The Morgan fingerprint density at radius 1 is 1.03 bits per heavy atom. The maximum Gasteiger partial charge on any atom is 0.235 e. The summed E-state index contributed by atoms with van der Waals surface area (Å²) in [5, 5.41) is 11.6. The van der Waals surface area contributed by atoms with E-state index in [0.29, 0.717) is 18.8 Å². The topological polar surface area (TPSA) is 82.5 Å². The van der Waals surface area contributed by atoms with Crippen molar-refractivity contribution in [2.75, 3.05) is 44.2 Å². The molecule has 8 heteroatoms. The standard InChI is InChI=1S/C25H36N6O2/c1-25(2,31-14-10-26-11-15-31)17-8-12-30(13-9-17)18-4-5-19-21(16-18)29(3)28-23(19)20-6-7-22(32)27-24(20)33/h4-5,16-17,20,26H,6-15H2,1-3H3,(H,27,32,33). The monoisotopic (exact) mass is 452 g/mol. The molecule has 1 unspecified atom stereocenters. The summed E-state index contributed by atoms with van der Waals surface area (Å²) in [6.45, 7) is 11.4. The number of piperidine rings is 2. The predicted octanol–water partition coefficient (Wildman–Crippen LogP) is 1.99. The lowest BCUT2D eigenvalue weighted by Gasteiger charge is -2.49. The SMILES string of the molecule is Cn1nc(C2CCC(=O)NC2=O)c2ccc(N3CCC(C(C)(C)N4CCNCC4)CC3)cc21. The van der Waals surface area contributed by atoms with Gasteiger partial charge in [0.25, 0.3) is 0 Å². The lowest BCUT2D eigenvalue weighted by Crippen LogP contribution is -2.58. The normalized spacial score (nSPS) is 23.8. The molecule has 0 aliphatic carbocycles. The number of rotatable bonds is 4. The number of benzene rings is 1. The van der Waals surface area contributed by atoms with Crippen molar-refractivity contribution in [1.29, 1.82) is 0 Å². The average molecular weight is 453 g/mol. The third-order valence-electron chi connectivity index (χ3n) is 8.22. The van der Waals surface area contributed by atoms with Gasteiger partial charge in [-0.05, 0) is 57.2 Å². The van der Waals surface area contributed by atoms with Gasteiger partial charge in [-0.15, -0.1) is 0 Å². The van der Waals surface area contributed by atoms with Crippen molar-refractivity contribution >= 4 is 28.4 Å². The highest BCUT2D eigenvalue weighted by molar-refractivity contribution is 6.02. The fourth-order valence-electron chi connectivity index (χ4n) is 6.03. The Balaban J connectivity index is 1.31. The van der Waals surface area contributed by atoms with Gasteiger partial charge in [-0.25, -0.2) is 0 Å². The van der Waals surface area contributed by atoms with E-state index < -0.39 is 0 Å². The maximum atomic E-state index is 12.4. The van der Waals surface area contributed by atoms with E-state index in [1.54, 1.807) is 0 Å². The molecule has 2 N–H and O–H groups in total. The summed E-state index contributed by atoms with van der Waals surface area (Å²) in [5.41, 5.74) is 3.27. The Bertz CT molecular complexity index is 1050. The molecule has 2 aromatic rings. The molecule has 0 saturated carbocycles. The third-order valence-corrected chi connectivity index (χ3v) is 8.22. The number of anilines is 1. The zero-order valence-corrected chi connectivity index (χ0v) is 20.1. The number of piperazine rings is 1. The first-order chi connectivity index (χ1) is 15.8. The second-order valence-corrected chi connectivity index (χ2v) is 10.4. The van der Waals surface area contributed by atoms with Crippen molar-refractivity contribution in [3.05, 3.63) is 23.9 Å². The van der Waals surface area contributed by atoms with Crippen LogP contribution in [0.2, 0.25) is 0 Å². The Kier molecular flexibility index (Phi) is 5.91. The van der Waals surface area contributed by atoms with Crippen LogP contribution in [0.3, 0.4) is 0 Å². The van der Waals surface area contributed by atoms with Gasteiger partial charge in [0, 0.05) is 69.3 Å². The van der Waals surface area contributed by atoms with E-state index in [0.717, 1.165) is 55.9 Å². The van der Waals surface area contributed by atoms with Gasteiger partial charge in [0.15, 0.2) is 0 Å². The Morgan fingerprint density at radius 2 is 1.76 bits per heavy atom. The number of carbonyl (C=O) groups is 2. The minimum absolute atomic E-state index is 0.192. The molecule has 3 saturated heterocycles. The zero-order chi connectivity index (χ0) is 23.2. The van der Waals surface area contributed by atoms with Gasteiger partial charge in [-0.1, -0.05) is 0 Å². The summed E-state index contributed by atoms with van der Waals surface area (Å²) in [7, 11) is 1.93. The Labute approximate surface area is 195 Å². The lowest BCUT2D eigenvalue weighted by molar-refractivity contribution is -0.134. The molecule has 3 aliphatic heterocycles. The van der Waals surface area contributed by atoms with E-state index >= 15 is 0 Å². The van der Waals surface area contributed by atoms with Crippen molar-refractivity contribution in [2.24, 2.45) is 13.0 Å². The molecule has 2 amide bonds. The van der Waals surface area contributed by atoms with E-state index in [4.69, 9.17) is 0 Å². The fourth-order valence-corrected chi connectivity index (χ4v) is 6.03. The molecule has 0 radical (unpaired) electrons. The first-order valence-corrected chi connectivity index (χ1v) is 12.4. The fraction of sp³-hybridized carbons (Fsp3) is 0.640. The average Bonchev–Trinajstić information content (AvgIpc) is 3.15. The first kappa shape index (κ1) is 22.3. The van der Waals surface area contributed by atoms with Gasteiger partial charge in [0.05, 0.1) is 17.1 Å². The van der Waals surface area contributed by atoms with Crippen molar-refractivity contribution in [3.8, 4) is 0 Å². The molecular formula is C25H36N6O2. The Morgan fingerprint density at radius 3 is 2.45 bits per heavy atom. The van der Waals surface area contributed by atoms with Crippen molar-refractivity contribution in [3.63, 3.8) is 0 Å². The van der Waals surface area contributed by atoms with E-state index in [2.05, 4.69) is 57.6 Å². The summed E-state index contributed by atoms with van der Waals surface area (Å²) < 4.78 is 1.87. The summed E-state index contributed by atoms with van der Waals surface area (Å²) in [5.74, 6) is -0.0848. The second kappa shape index (κ2) is 8.72. The highest BCUT2D eigenvalue weighted by Crippen LogP contribution is 2.36. The van der Waals surface area contributed by atoms with Gasteiger partial charge in [-0.3, -0.25) is 24.5 Å². The third kappa shape index (κ3) is 4.15. The molecule has 3 aliphatic rings. The summed E-state index contributed by atoms with van der Waals surface area (Å²) in [4.78, 5) is 29.1. The van der Waals surface area contributed by atoms with Crippen LogP contribution < -0.4 is 15.5 Å². The molecule has 3 fully saturated rings. The second-order valence-electron chi connectivity index (χ2n) is 10.4. The van der Waals surface area contributed by atoms with Crippen molar-refractivity contribution < 1.29 is 9.59 Å². The van der Waals surface area contributed by atoms with Crippen LogP contribution >= 0.6 is 0 Å². The molecule has 33 heavy (non-hydrogen) atoms. The molecule has 1 atom stereocenters. The number of carbonyl (C=O) groups excluding carboxylic acids is 2.